The van der Waals surface area contributed by atoms with Crippen LogP contribution in [0, 0.1) is 32.1 Å². The lowest BCUT2D eigenvalue weighted by atomic mass is 9.99. The molecule has 0 aliphatic heterocycles. The van der Waals surface area contributed by atoms with Gasteiger partial charge in [0.1, 0.15) is 5.01 Å². The van der Waals surface area contributed by atoms with E-state index >= 15 is 0 Å². The molecule has 0 bridgehead atoms. The molecule has 0 saturated carbocycles. The van der Waals surface area contributed by atoms with Gasteiger partial charge in [-0.3, -0.25) is 4.68 Å². The highest BCUT2D eigenvalue weighted by atomic mass is 32.1. The van der Waals surface area contributed by atoms with Gasteiger partial charge in [-0.15, -0.1) is 11.3 Å². The molecular formula is C24H20N4O2S. The number of nitrogens with zero attached hydrogens (tertiary/aromatic N) is 4. The van der Waals surface area contributed by atoms with Crippen molar-refractivity contribution in [1.29, 1.82) is 5.26 Å². The lowest BCUT2D eigenvalue weighted by Gasteiger charge is -2.08. The van der Waals surface area contributed by atoms with E-state index in [0.717, 1.165) is 39.2 Å². The van der Waals surface area contributed by atoms with Crippen molar-refractivity contribution in [2.75, 3.05) is 0 Å². The van der Waals surface area contributed by atoms with E-state index in [0.29, 0.717) is 17.1 Å². The van der Waals surface area contributed by atoms with E-state index in [9.17, 15) is 10.1 Å². The SMILES string of the molecule is Cc1cc(-c2c(C)nn(Cc3ccc(-c4nc(C(=O)O)cs4)cc3)c2C)ccc1C#N. The number of hydrogen-bond acceptors (Lipinski definition) is 5. The molecule has 0 saturated heterocycles. The van der Waals surface area contributed by atoms with Crippen LogP contribution in [-0.2, 0) is 6.54 Å². The normalized spacial score (nSPS) is 10.8. The lowest BCUT2D eigenvalue weighted by Crippen LogP contribution is -2.04. The summed E-state index contributed by atoms with van der Waals surface area (Å²) in [7, 11) is 0. The Morgan fingerprint density at radius 2 is 1.84 bits per heavy atom. The molecule has 0 amide bonds. The highest BCUT2D eigenvalue weighted by molar-refractivity contribution is 7.13. The molecule has 2 aromatic carbocycles. The van der Waals surface area contributed by atoms with Crippen LogP contribution >= 0.6 is 11.3 Å². The van der Waals surface area contributed by atoms with E-state index in [4.69, 9.17) is 10.2 Å². The monoisotopic (exact) mass is 428 g/mol. The first-order chi connectivity index (χ1) is 14.9. The Hall–Kier alpha value is -3.76. The summed E-state index contributed by atoms with van der Waals surface area (Å²) >= 11 is 1.32. The van der Waals surface area contributed by atoms with Crippen LogP contribution in [0.25, 0.3) is 21.7 Å². The largest absolute Gasteiger partial charge is 0.476 e. The molecule has 31 heavy (non-hydrogen) atoms. The molecule has 6 nitrogen and oxygen atoms in total. The number of rotatable bonds is 5. The lowest BCUT2D eigenvalue weighted by molar-refractivity contribution is 0.0691. The van der Waals surface area contributed by atoms with Gasteiger partial charge in [-0.25, -0.2) is 9.78 Å². The van der Waals surface area contributed by atoms with Gasteiger partial charge in [-0.1, -0.05) is 30.3 Å². The Bertz CT molecular complexity index is 1330. The van der Waals surface area contributed by atoms with Gasteiger partial charge in [0.05, 0.1) is 23.9 Å². The molecule has 0 radical (unpaired) electrons. The summed E-state index contributed by atoms with van der Waals surface area (Å²) in [5.74, 6) is -1.02. The van der Waals surface area contributed by atoms with Crippen LogP contribution in [0.2, 0.25) is 0 Å². The van der Waals surface area contributed by atoms with Gasteiger partial charge < -0.3 is 5.11 Å². The second-order valence-electron chi connectivity index (χ2n) is 7.38. The van der Waals surface area contributed by atoms with Gasteiger partial charge >= 0.3 is 5.97 Å². The molecule has 2 heterocycles. The number of aromatic nitrogens is 3. The van der Waals surface area contributed by atoms with Gasteiger partial charge in [0, 0.05) is 22.2 Å². The minimum absolute atomic E-state index is 0.0669. The van der Waals surface area contributed by atoms with Crippen LogP contribution in [0.15, 0.2) is 47.8 Å². The maximum Gasteiger partial charge on any atom is 0.355 e. The van der Waals surface area contributed by atoms with E-state index in [2.05, 4.69) is 18.0 Å². The van der Waals surface area contributed by atoms with Crippen molar-refractivity contribution in [1.82, 2.24) is 14.8 Å². The third kappa shape index (κ3) is 3.98. The van der Waals surface area contributed by atoms with Crippen molar-refractivity contribution < 1.29 is 9.90 Å². The smallest absolute Gasteiger partial charge is 0.355 e. The fourth-order valence-corrected chi connectivity index (χ4v) is 4.44. The number of aromatic carboxylic acids is 1. The van der Waals surface area contributed by atoms with Crippen LogP contribution < -0.4 is 0 Å². The third-order valence-electron chi connectivity index (χ3n) is 5.27. The summed E-state index contributed by atoms with van der Waals surface area (Å²) in [4.78, 5) is 15.2. The Morgan fingerprint density at radius 1 is 1.13 bits per heavy atom. The quantitative estimate of drug-likeness (QED) is 0.471. The van der Waals surface area contributed by atoms with Gasteiger partial charge in [-0.05, 0) is 49.6 Å². The van der Waals surface area contributed by atoms with Crippen LogP contribution in [0.4, 0.5) is 0 Å². The number of carbonyl (C=O) groups is 1. The summed E-state index contributed by atoms with van der Waals surface area (Å²) in [5, 5.41) is 25.2. The molecule has 4 aromatic rings. The minimum atomic E-state index is -1.02. The first-order valence-corrected chi connectivity index (χ1v) is 10.6. The van der Waals surface area contributed by atoms with Gasteiger partial charge in [0.2, 0.25) is 0 Å². The molecular weight excluding hydrogens is 408 g/mol. The predicted octanol–water partition coefficient (Wildman–Crippen LogP) is 5.22. The molecule has 0 fully saturated rings. The van der Waals surface area contributed by atoms with E-state index in [1.807, 2.05) is 61.0 Å². The molecule has 2 aromatic heterocycles. The topological polar surface area (TPSA) is 91.8 Å². The maximum absolute atomic E-state index is 11.0. The zero-order valence-electron chi connectivity index (χ0n) is 17.4. The molecule has 7 heteroatoms. The van der Waals surface area contributed by atoms with Crippen molar-refractivity contribution in [3.05, 3.63) is 81.6 Å². The fourth-order valence-electron chi connectivity index (χ4n) is 3.64. The first-order valence-electron chi connectivity index (χ1n) is 9.70. The van der Waals surface area contributed by atoms with E-state index in [1.165, 1.54) is 11.3 Å². The number of hydrogen-bond donors (Lipinski definition) is 1. The zero-order valence-corrected chi connectivity index (χ0v) is 18.2. The van der Waals surface area contributed by atoms with Crippen LogP contribution in [0.1, 0.15) is 38.6 Å². The summed E-state index contributed by atoms with van der Waals surface area (Å²) in [6.07, 6.45) is 0. The van der Waals surface area contributed by atoms with Crippen LogP contribution in [0.5, 0.6) is 0 Å². The molecule has 154 valence electrons. The number of carboxylic acids is 1. The second-order valence-corrected chi connectivity index (χ2v) is 8.24. The Morgan fingerprint density at radius 3 is 2.45 bits per heavy atom. The van der Waals surface area contributed by atoms with Crippen LogP contribution in [0.3, 0.4) is 0 Å². The molecule has 0 spiro atoms. The molecule has 0 unspecified atom stereocenters. The number of benzene rings is 2. The average Bonchev–Trinajstić information content (AvgIpc) is 3.34. The summed E-state index contributed by atoms with van der Waals surface area (Å²) in [6.45, 7) is 6.62. The molecule has 4 rings (SSSR count). The summed E-state index contributed by atoms with van der Waals surface area (Å²) < 4.78 is 1.99. The Labute approximate surface area is 184 Å². The van der Waals surface area contributed by atoms with Crippen molar-refractivity contribution in [2.45, 2.75) is 27.3 Å². The fraction of sp³-hybridized carbons (Fsp3) is 0.167. The van der Waals surface area contributed by atoms with E-state index in [1.54, 1.807) is 5.38 Å². The maximum atomic E-state index is 11.0. The minimum Gasteiger partial charge on any atom is -0.476 e. The summed E-state index contributed by atoms with van der Waals surface area (Å²) in [6, 6.07) is 16.0. The average molecular weight is 429 g/mol. The molecule has 0 aliphatic carbocycles. The number of aryl methyl sites for hydroxylation is 2. The van der Waals surface area contributed by atoms with Crippen molar-refractivity contribution in [3.8, 4) is 27.8 Å². The van der Waals surface area contributed by atoms with Crippen LogP contribution in [-0.4, -0.2) is 25.8 Å². The zero-order chi connectivity index (χ0) is 22.1. The highest BCUT2D eigenvalue weighted by Crippen LogP contribution is 2.29. The second kappa shape index (κ2) is 8.17. The summed E-state index contributed by atoms with van der Waals surface area (Å²) in [5.41, 5.74) is 7.85. The van der Waals surface area contributed by atoms with Crippen molar-refractivity contribution in [2.24, 2.45) is 0 Å². The van der Waals surface area contributed by atoms with Gasteiger partial charge in [0.15, 0.2) is 5.69 Å². The predicted molar refractivity (Wildman–Crippen MR) is 120 cm³/mol. The van der Waals surface area contributed by atoms with Gasteiger partial charge in [-0.2, -0.15) is 10.4 Å². The number of carboxylic acid groups (broad SMARTS) is 1. The van der Waals surface area contributed by atoms with Crippen molar-refractivity contribution >= 4 is 17.3 Å². The number of thiazole rings is 1. The molecule has 0 aliphatic rings. The van der Waals surface area contributed by atoms with E-state index in [-0.39, 0.29) is 5.69 Å². The highest BCUT2D eigenvalue weighted by Gasteiger charge is 2.15. The standard InChI is InChI=1S/C24H20N4O2S/c1-14-10-19(8-9-20(14)11-25)22-15(2)27-28(16(22)3)12-17-4-6-18(7-5-17)23-26-21(13-31-23)24(29)30/h4-10,13H,12H2,1-3H3,(H,29,30). The first kappa shape index (κ1) is 20.5. The van der Waals surface area contributed by atoms with E-state index < -0.39 is 5.97 Å². The Kier molecular flexibility index (Phi) is 5.40. The van der Waals surface area contributed by atoms with Crippen molar-refractivity contribution in [3.63, 3.8) is 0 Å². The number of nitriles is 1. The van der Waals surface area contributed by atoms with Gasteiger partial charge in [0.25, 0.3) is 0 Å². The molecule has 1 N–H and O–H groups in total. The third-order valence-corrected chi connectivity index (χ3v) is 6.16. The Balaban J connectivity index is 1.59. The molecule has 0 atom stereocenters.